The first-order valence-corrected chi connectivity index (χ1v) is 36.4. The minimum Gasteiger partial charge on any atom is -0.309 e. The van der Waals surface area contributed by atoms with Crippen LogP contribution in [0.4, 0.5) is 34.1 Å². The molecule has 4 aromatic heterocycles. The van der Waals surface area contributed by atoms with Gasteiger partial charge in [-0.05, 0) is 108 Å². The molecule has 0 atom stereocenters. The van der Waals surface area contributed by atoms with E-state index in [0.29, 0.717) is 0 Å². The summed E-state index contributed by atoms with van der Waals surface area (Å²) in [4.78, 5) is 5.13. The van der Waals surface area contributed by atoms with Gasteiger partial charge in [-0.2, -0.15) is 0 Å². The van der Waals surface area contributed by atoms with Gasteiger partial charge in [0.05, 0.1) is 72.0 Å². The summed E-state index contributed by atoms with van der Waals surface area (Å²) in [7, 11) is -3.16. The molecule has 4 heterocycles. The van der Waals surface area contributed by atoms with E-state index in [1.165, 1.54) is 143 Å². The molecule has 6 heteroatoms. The fourth-order valence-electron chi connectivity index (χ4n) is 13.6. The zero-order chi connectivity index (χ0) is 55.8. The van der Waals surface area contributed by atoms with E-state index in [-0.39, 0.29) is 0 Å². The highest BCUT2D eigenvalue weighted by molar-refractivity contribution is 6.89. The lowest BCUT2D eigenvalue weighted by atomic mass is 9.97. The van der Waals surface area contributed by atoms with E-state index in [0.717, 1.165) is 24.2 Å². The van der Waals surface area contributed by atoms with Crippen molar-refractivity contribution in [3.05, 3.63) is 242 Å². The molecule has 15 aromatic rings. The van der Waals surface area contributed by atoms with Crippen LogP contribution in [0.5, 0.6) is 0 Å². The summed E-state index contributed by atoms with van der Waals surface area (Å²) in [5.41, 5.74) is 21.9. The zero-order valence-electron chi connectivity index (χ0n) is 48.1. The van der Waals surface area contributed by atoms with Crippen molar-refractivity contribution in [1.82, 2.24) is 8.80 Å². The molecule has 0 unspecified atom stereocenters. The van der Waals surface area contributed by atoms with Crippen LogP contribution in [0.1, 0.15) is 25.0 Å². The third kappa shape index (κ3) is 7.68. The monoisotopic (exact) mass is 1090 g/mol. The van der Waals surface area contributed by atoms with E-state index in [1.54, 1.807) is 0 Å². The van der Waals surface area contributed by atoms with E-state index in [4.69, 9.17) is 0 Å². The Labute approximate surface area is 482 Å². The maximum absolute atomic E-state index is 2.58. The number of anilines is 6. The Morgan fingerprint density at radius 2 is 0.695 bits per heavy atom. The lowest BCUT2D eigenvalue weighted by Gasteiger charge is -2.30. The van der Waals surface area contributed by atoms with Gasteiger partial charge in [-0.1, -0.05) is 221 Å². The quantitative estimate of drug-likeness (QED) is 0.113. The van der Waals surface area contributed by atoms with Gasteiger partial charge in [-0.15, -0.1) is 0 Å². The largest absolute Gasteiger partial charge is 0.309 e. The van der Waals surface area contributed by atoms with Crippen molar-refractivity contribution in [3.63, 3.8) is 0 Å². The third-order valence-electron chi connectivity index (χ3n) is 17.8. The Hall–Kier alpha value is -8.95. The zero-order valence-corrected chi connectivity index (χ0v) is 50.1. The number of aromatic nitrogens is 2. The van der Waals surface area contributed by atoms with Crippen LogP contribution in [0, 0.1) is 0 Å². The average molecular weight is 1090 g/mol. The highest BCUT2D eigenvalue weighted by Crippen LogP contribution is 2.53. The van der Waals surface area contributed by atoms with E-state index in [9.17, 15) is 0 Å². The lowest BCUT2D eigenvalue weighted by molar-refractivity contribution is 1.13. The summed E-state index contributed by atoms with van der Waals surface area (Å²) >= 11 is 0. The van der Waals surface area contributed by atoms with Gasteiger partial charge < -0.3 is 18.6 Å². The Kier molecular flexibility index (Phi) is 11.5. The van der Waals surface area contributed by atoms with Crippen molar-refractivity contribution < 1.29 is 0 Å². The minimum atomic E-state index is -1.58. The molecule has 0 bridgehead atoms. The molecular weight excluding hydrogens is 1030 g/mol. The van der Waals surface area contributed by atoms with Gasteiger partial charge >= 0.3 is 0 Å². The van der Waals surface area contributed by atoms with Crippen molar-refractivity contribution in [2.75, 3.05) is 9.80 Å². The molecule has 398 valence electrons. The number of para-hydroxylation sites is 2. The molecule has 82 heavy (non-hydrogen) atoms. The first-order valence-electron chi connectivity index (χ1n) is 29.4. The summed E-state index contributed by atoms with van der Waals surface area (Å²) in [6, 6.07) is 88.0. The van der Waals surface area contributed by atoms with Crippen LogP contribution in [0.15, 0.2) is 231 Å². The molecule has 0 radical (unpaired) electrons. The van der Waals surface area contributed by atoms with Gasteiger partial charge in [-0.25, -0.2) is 0 Å². The number of fused-ring (bicyclic) bond motifs is 12. The number of rotatable bonds is 12. The second-order valence-corrected chi connectivity index (χ2v) is 34.9. The van der Waals surface area contributed by atoms with Gasteiger partial charge in [-0.3, -0.25) is 0 Å². The number of benzene rings is 11. The van der Waals surface area contributed by atoms with Crippen molar-refractivity contribution >= 4 is 137 Å². The summed E-state index contributed by atoms with van der Waals surface area (Å²) in [5.74, 6) is 0. The van der Waals surface area contributed by atoms with Crippen molar-refractivity contribution in [2.24, 2.45) is 0 Å². The highest BCUT2D eigenvalue weighted by Gasteiger charge is 2.30. The summed E-state index contributed by atoms with van der Waals surface area (Å²) < 4.78 is 5.17. The molecule has 0 saturated heterocycles. The summed E-state index contributed by atoms with van der Waals surface area (Å²) in [6.45, 7) is 19.2. The first kappa shape index (κ1) is 50.0. The van der Waals surface area contributed by atoms with Gasteiger partial charge in [0, 0.05) is 65.6 Å². The molecular formula is C76H66N4Si2. The Bertz CT molecular complexity index is 4630. The maximum atomic E-state index is 2.58. The second kappa shape index (κ2) is 18.8. The predicted molar refractivity (Wildman–Crippen MR) is 361 cm³/mol. The predicted octanol–water partition coefficient (Wildman–Crippen LogP) is 20.5. The van der Waals surface area contributed by atoms with Gasteiger partial charge in [0.1, 0.15) is 0 Å². The van der Waals surface area contributed by atoms with Gasteiger partial charge in [0.25, 0.3) is 0 Å². The standard InChI is InChI=1S/C76H66N4Si2/c1-9-49-29-39-57(51-21-13-11-14-22-51)69(45-49)77(53-31-35-55(36-32-53)81(3,4)5)67-43-41-59-63-47-72-64(48-71(63)79-65-27-19-17-25-61(65)73(67)75(59)79)60-42-44-68(74-62-26-18-20-28-66(62)80(72)76(60)74)78(54-33-37-56(38-34-54)82(6,7)8)70-46-50(10-2)30-40-58(70)52-23-15-12-16-24-52/h11-48H,9-10H2,1-8H3. The van der Waals surface area contributed by atoms with Crippen LogP contribution in [-0.4, -0.2) is 24.9 Å². The van der Waals surface area contributed by atoms with E-state index >= 15 is 0 Å². The van der Waals surface area contributed by atoms with Crippen LogP contribution >= 0.6 is 0 Å². The van der Waals surface area contributed by atoms with Crippen molar-refractivity contribution in [1.29, 1.82) is 0 Å². The molecule has 0 aliphatic rings. The van der Waals surface area contributed by atoms with E-state index < -0.39 is 16.1 Å². The van der Waals surface area contributed by atoms with Crippen molar-refractivity contribution in [3.8, 4) is 22.3 Å². The fourth-order valence-corrected chi connectivity index (χ4v) is 15.9. The minimum absolute atomic E-state index is 0.943. The second-order valence-electron chi connectivity index (χ2n) is 24.7. The molecule has 0 fully saturated rings. The Morgan fingerprint density at radius 3 is 1.07 bits per heavy atom. The number of hydrogen-bond acceptors (Lipinski definition) is 2. The van der Waals surface area contributed by atoms with E-state index in [1.807, 2.05) is 0 Å². The average Bonchev–Trinajstić information content (AvgIpc) is 4.26. The number of hydrogen-bond donors (Lipinski definition) is 0. The van der Waals surface area contributed by atoms with Crippen LogP contribution in [0.2, 0.25) is 39.3 Å². The smallest absolute Gasteiger partial charge is 0.0775 e. The van der Waals surface area contributed by atoms with E-state index in [2.05, 4.69) is 302 Å². The first-order chi connectivity index (χ1) is 39.9. The van der Waals surface area contributed by atoms with Gasteiger partial charge in [0.15, 0.2) is 0 Å². The van der Waals surface area contributed by atoms with Crippen LogP contribution < -0.4 is 20.2 Å². The molecule has 0 aliphatic carbocycles. The molecule has 4 nitrogen and oxygen atoms in total. The topological polar surface area (TPSA) is 15.3 Å². The van der Waals surface area contributed by atoms with Crippen LogP contribution in [0.3, 0.4) is 0 Å². The summed E-state index contributed by atoms with van der Waals surface area (Å²) in [6.07, 6.45) is 1.89. The maximum Gasteiger partial charge on any atom is 0.0775 e. The third-order valence-corrected chi connectivity index (χ3v) is 22.0. The molecule has 0 amide bonds. The number of nitrogens with zero attached hydrogens (tertiary/aromatic N) is 4. The normalized spacial score (nSPS) is 12.5. The lowest BCUT2D eigenvalue weighted by Crippen LogP contribution is -2.37. The molecule has 0 N–H and O–H groups in total. The Morgan fingerprint density at radius 1 is 0.317 bits per heavy atom. The van der Waals surface area contributed by atoms with Crippen LogP contribution in [-0.2, 0) is 12.8 Å². The highest BCUT2D eigenvalue weighted by atomic mass is 28.3. The summed E-state index contributed by atoms with van der Waals surface area (Å²) in [5, 5.41) is 13.0. The molecule has 0 aliphatic heterocycles. The molecule has 11 aromatic carbocycles. The molecule has 15 rings (SSSR count). The fraction of sp³-hybridized carbons (Fsp3) is 0.132. The van der Waals surface area contributed by atoms with Crippen molar-refractivity contribution in [2.45, 2.75) is 66.0 Å². The SMILES string of the molecule is CCc1ccc(-c2ccccc2)c(N(c2ccc([Si](C)(C)C)cc2)c2ccc3c4cc5c(cc4n4c6ccccc6c2c34)c2ccc(N(c3ccc([Si](C)(C)C)cc3)c3cc(CC)ccc3-c3ccccc3)c3c4ccccc4n5c23)c1. The van der Waals surface area contributed by atoms with Crippen LogP contribution in [0.25, 0.3) is 98.4 Å². The van der Waals surface area contributed by atoms with Gasteiger partial charge in [0.2, 0.25) is 0 Å². The Balaban J connectivity index is 1.01. The molecule has 0 saturated carbocycles. The molecule has 0 spiro atoms. The number of aryl methyl sites for hydroxylation is 2.